The van der Waals surface area contributed by atoms with E-state index in [0.717, 1.165) is 11.8 Å². The highest BCUT2D eigenvalue weighted by molar-refractivity contribution is 5.21. The fourth-order valence-electron chi connectivity index (χ4n) is 1.79. The highest BCUT2D eigenvalue weighted by Crippen LogP contribution is 2.19. The maximum absolute atomic E-state index is 13.6. The minimum absolute atomic E-state index is 0.177. The third kappa shape index (κ3) is 2.68. The number of rotatable bonds is 4. The van der Waals surface area contributed by atoms with Gasteiger partial charge in [-0.05, 0) is 31.2 Å². The smallest absolute Gasteiger partial charge is 0.162 e. The van der Waals surface area contributed by atoms with E-state index in [1.54, 1.807) is 25.4 Å². The van der Waals surface area contributed by atoms with Crippen molar-refractivity contribution in [2.75, 3.05) is 7.05 Å². The maximum atomic E-state index is 13.6. The van der Waals surface area contributed by atoms with Gasteiger partial charge in [-0.2, -0.15) is 0 Å². The number of aromatic nitrogens is 2. The van der Waals surface area contributed by atoms with Crippen LogP contribution < -0.4 is 5.32 Å². The summed E-state index contributed by atoms with van der Waals surface area (Å²) in [6.45, 7) is 0. The van der Waals surface area contributed by atoms with Crippen LogP contribution in [0.5, 0.6) is 0 Å². The van der Waals surface area contributed by atoms with Crippen molar-refractivity contribution in [2.24, 2.45) is 0 Å². The van der Waals surface area contributed by atoms with Gasteiger partial charge in [-0.1, -0.05) is 12.1 Å². The Bertz CT molecular complexity index is 517. The van der Waals surface area contributed by atoms with E-state index in [1.807, 2.05) is 0 Å². The molecular weight excluding hydrogens is 236 g/mol. The summed E-state index contributed by atoms with van der Waals surface area (Å²) in [5.41, 5.74) is 1.07. The molecule has 0 fully saturated rings. The lowest BCUT2D eigenvalue weighted by Crippen LogP contribution is -2.20. The Morgan fingerprint density at radius 1 is 1.28 bits per heavy atom. The van der Waals surface area contributed by atoms with Gasteiger partial charge in [0.15, 0.2) is 11.6 Å². The van der Waals surface area contributed by atoms with Crippen molar-refractivity contribution in [3.05, 3.63) is 59.7 Å². The molecule has 1 unspecified atom stereocenters. The molecule has 1 heterocycles. The van der Waals surface area contributed by atoms with E-state index < -0.39 is 11.6 Å². The molecule has 2 aromatic rings. The van der Waals surface area contributed by atoms with E-state index >= 15 is 0 Å². The van der Waals surface area contributed by atoms with Crippen molar-refractivity contribution in [2.45, 2.75) is 12.5 Å². The van der Waals surface area contributed by atoms with E-state index in [9.17, 15) is 8.78 Å². The number of hydrogen-bond acceptors (Lipinski definition) is 3. The van der Waals surface area contributed by atoms with Crippen molar-refractivity contribution < 1.29 is 8.78 Å². The molecule has 0 amide bonds. The van der Waals surface area contributed by atoms with Crippen LogP contribution in [-0.4, -0.2) is 17.0 Å². The third-order valence-electron chi connectivity index (χ3n) is 2.77. The van der Waals surface area contributed by atoms with Gasteiger partial charge in [0.25, 0.3) is 0 Å². The summed E-state index contributed by atoms with van der Waals surface area (Å²) in [6.07, 6.45) is 3.38. The first kappa shape index (κ1) is 12.6. The van der Waals surface area contributed by atoms with Crippen molar-refractivity contribution >= 4 is 0 Å². The summed E-state index contributed by atoms with van der Waals surface area (Å²) in [5.74, 6) is -1.63. The number of nitrogens with one attached hydrogen (secondary N) is 1. The van der Waals surface area contributed by atoms with E-state index in [1.165, 1.54) is 12.4 Å². The molecule has 2 rings (SSSR count). The normalized spacial score (nSPS) is 12.4. The average Bonchev–Trinajstić information content (AvgIpc) is 2.41. The van der Waals surface area contributed by atoms with Crippen LogP contribution in [0, 0.1) is 11.6 Å². The number of likely N-dealkylation sites (N-methyl/N-ethyl adjacent to an activating group) is 1. The van der Waals surface area contributed by atoms with Crippen LogP contribution in [0.4, 0.5) is 8.78 Å². The summed E-state index contributed by atoms with van der Waals surface area (Å²) in [4.78, 5) is 7.94. The SMILES string of the molecule is CNC(Cc1cccc(F)c1F)c1ccncn1. The van der Waals surface area contributed by atoms with Crippen LogP contribution in [-0.2, 0) is 6.42 Å². The standard InChI is InChI=1S/C13H13F2N3/c1-16-12(11-5-6-17-8-18-11)7-9-3-2-4-10(14)13(9)15/h2-6,8,12,16H,7H2,1H3. The molecule has 1 aromatic carbocycles. The van der Waals surface area contributed by atoms with Crippen molar-refractivity contribution in [3.8, 4) is 0 Å². The van der Waals surface area contributed by atoms with Crippen LogP contribution >= 0.6 is 0 Å². The van der Waals surface area contributed by atoms with Crippen LogP contribution in [0.3, 0.4) is 0 Å². The second-order valence-corrected chi connectivity index (χ2v) is 3.89. The first-order valence-electron chi connectivity index (χ1n) is 5.58. The molecule has 0 bridgehead atoms. The summed E-state index contributed by atoms with van der Waals surface area (Å²) in [6, 6.07) is 5.75. The fraction of sp³-hybridized carbons (Fsp3) is 0.231. The van der Waals surface area contributed by atoms with Gasteiger partial charge in [0.1, 0.15) is 6.33 Å². The lowest BCUT2D eigenvalue weighted by molar-refractivity contribution is 0.484. The molecule has 0 saturated carbocycles. The van der Waals surface area contributed by atoms with E-state index in [2.05, 4.69) is 15.3 Å². The van der Waals surface area contributed by atoms with Gasteiger partial charge in [-0.25, -0.2) is 18.7 Å². The topological polar surface area (TPSA) is 37.8 Å². The molecule has 0 aliphatic heterocycles. The Kier molecular flexibility index (Phi) is 3.94. The largest absolute Gasteiger partial charge is 0.311 e. The Labute approximate surface area is 104 Å². The second kappa shape index (κ2) is 5.64. The molecule has 0 saturated heterocycles. The fourth-order valence-corrected chi connectivity index (χ4v) is 1.79. The minimum Gasteiger partial charge on any atom is -0.311 e. The zero-order valence-electron chi connectivity index (χ0n) is 9.90. The number of benzene rings is 1. The molecule has 3 nitrogen and oxygen atoms in total. The molecule has 0 aliphatic rings. The van der Waals surface area contributed by atoms with Gasteiger partial charge in [0.05, 0.1) is 11.7 Å². The summed E-state index contributed by atoms with van der Waals surface area (Å²) in [5, 5.41) is 3.03. The monoisotopic (exact) mass is 249 g/mol. The molecule has 1 atom stereocenters. The maximum Gasteiger partial charge on any atom is 0.162 e. The van der Waals surface area contributed by atoms with Gasteiger partial charge >= 0.3 is 0 Å². The van der Waals surface area contributed by atoms with Crippen molar-refractivity contribution in [3.63, 3.8) is 0 Å². The highest BCUT2D eigenvalue weighted by Gasteiger charge is 2.15. The van der Waals surface area contributed by atoms with Gasteiger partial charge < -0.3 is 5.32 Å². The van der Waals surface area contributed by atoms with Gasteiger partial charge in [0.2, 0.25) is 0 Å². The minimum atomic E-state index is -0.829. The molecule has 1 N–H and O–H groups in total. The van der Waals surface area contributed by atoms with Crippen LogP contribution in [0.15, 0.2) is 36.8 Å². The number of halogens is 2. The van der Waals surface area contributed by atoms with Crippen molar-refractivity contribution in [1.29, 1.82) is 0 Å². The van der Waals surface area contributed by atoms with Gasteiger partial charge in [-0.3, -0.25) is 0 Å². The van der Waals surface area contributed by atoms with Crippen LogP contribution in [0.1, 0.15) is 17.3 Å². The summed E-state index contributed by atoms with van der Waals surface area (Å²) < 4.78 is 26.7. The predicted octanol–water partition coefficient (Wildman–Crippen LogP) is 2.26. The van der Waals surface area contributed by atoms with Crippen molar-refractivity contribution in [1.82, 2.24) is 15.3 Å². The molecular formula is C13H13F2N3. The van der Waals surface area contributed by atoms with E-state index in [-0.39, 0.29) is 6.04 Å². The molecule has 0 spiro atoms. The third-order valence-corrected chi connectivity index (χ3v) is 2.77. The summed E-state index contributed by atoms with van der Waals surface area (Å²) >= 11 is 0. The van der Waals surface area contributed by atoms with Crippen LogP contribution in [0.2, 0.25) is 0 Å². The molecule has 0 radical (unpaired) electrons. The lowest BCUT2D eigenvalue weighted by Gasteiger charge is -2.15. The molecule has 18 heavy (non-hydrogen) atoms. The van der Waals surface area contributed by atoms with Gasteiger partial charge in [-0.15, -0.1) is 0 Å². The first-order valence-corrected chi connectivity index (χ1v) is 5.58. The zero-order valence-corrected chi connectivity index (χ0v) is 9.90. The molecule has 94 valence electrons. The molecule has 5 heteroatoms. The Hall–Kier alpha value is -1.88. The first-order chi connectivity index (χ1) is 8.72. The average molecular weight is 249 g/mol. The summed E-state index contributed by atoms with van der Waals surface area (Å²) in [7, 11) is 1.75. The predicted molar refractivity (Wildman–Crippen MR) is 63.9 cm³/mol. The Morgan fingerprint density at radius 2 is 2.11 bits per heavy atom. The lowest BCUT2D eigenvalue weighted by atomic mass is 10.0. The second-order valence-electron chi connectivity index (χ2n) is 3.89. The quantitative estimate of drug-likeness (QED) is 0.903. The van der Waals surface area contributed by atoms with Gasteiger partial charge in [0, 0.05) is 6.20 Å². The van der Waals surface area contributed by atoms with Crippen LogP contribution in [0.25, 0.3) is 0 Å². The number of hydrogen-bond donors (Lipinski definition) is 1. The van der Waals surface area contributed by atoms with E-state index in [4.69, 9.17) is 0 Å². The Morgan fingerprint density at radius 3 is 2.78 bits per heavy atom. The van der Waals surface area contributed by atoms with E-state index in [0.29, 0.717) is 12.0 Å². The number of nitrogens with zero attached hydrogens (tertiary/aromatic N) is 2. The Balaban J connectivity index is 2.24. The molecule has 1 aromatic heterocycles. The zero-order chi connectivity index (χ0) is 13.0. The molecule has 0 aliphatic carbocycles. The highest BCUT2D eigenvalue weighted by atomic mass is 19.2.